The zero-order valence-corrected chi connectivity index (χ0v) is 19.3. The number of thioether (sulfide) groups is 1. The minimum absolute atomic E-state index is 0. The lowest BCUT2D eigenvalue weighted by Crippen LogP contribution is -2.18. The Balaban J connectivity index is 0.00000361. The van der Waals surface area contributed by atoms with Crippen LogP contribution in [0.15, 0.2) is 70.4 Å². The number of oxazole rings is 1. The lowest BCUT2D eigenvalue weighted by atomic mass is 10.1. The van der Waals surface area contributed by atoms with E-state index in [1.54, 1.807) is 36.6 Å². The zero-order valence-electron chi connectivity index (χ0n) is 18.5. The van der Waals surface area contributed by atoms with E-state index >= 15 is 0 Å². The predicted octanol–water partition coefficient (Wildman–Crippen LogP) is 5.39. The van der Waals surface area contributed by atoms with Crippen molar-refractivity contribution in [3.05, 3.63) is 83.8 Å². The number of nitrogens with one attached hydrogen (secondary N) is 2. The van der Waals surface area contributed by atoms with Crippen LogP contribution in [0.3, 0.4) is 0 Å². The molecule has 4 rings (SSSR count). The van der Waals surface area contributed by atoms with E-state index in [0.29, 0.717) is 23.3 Å². The zero-order chi connectivity index (χ0) is 24.9. The van der Waals surface area contributed by atoms with Crippen LogP contribution in [0.1, 0.15) is 22.4 Å². The summed E-state index contributed by atoms with van der Waals surface area (Å²) in [6.07, 6.45) is 3.15. The molecule has 180 valence electrons. The highest BCUT2D eigenvalue weighted by Crippen LogP contribution is 2.31. The number of rotatable bonds is 7. The molecule has 2 amide bonds. The summed E-state index contributed by atoms with van der Waals surface area (Å²) in [6.45, 7) is 0. The van der Waals surface area contributed by atoms with Crippen molar-refractivity contribution in [1.82, 2.24) is 15.3 Å². The summed E-state index contributed by atoms with van der Waals surface area (Å²) in [4.78, 5) is 32.7. The summed E-state index contributed by atoms with van der Waals surface area (Å²) in [6, 6.07) is 12.5. The summed E-state index contributed by atoms with van der Waals surface area (Å²) in [5.74, 6) is -1.84. The van der Waals surface area contributed by atoms with Gasteiger partial charge in [0, 0.05) is 32.5 Å². The molecule has 4 aromatic rings. The van der Waals surface area contributed by atoms with E-state index in [4.69, 9.17) is 9.15 Å². The standard InChI is InChI=1S/C24H18F2N4O4S.H2/c1-27-22(31)19-12-16(9-10-28-19)33-15-6-4-14(5-7-15)29-23(32)20-21(34-24(30-20)35-2)17-8-3-13(25)11-18(17)26;/h3-12H,1-2H3,(H,27,31)(H,29,32);1H. The number of nitrogens with zero attached hydrogens (tertiary/aromatic N) is 2. The molecule has 0 spiro atoms. The van der Waals surface area contributed by atoms with Crippen molar-refractivity contribution < 1.29 is 29.0 Å². The van der Waals surface area contributed by atoms with Crippen LogP contribution < -0.4 is 15.4 Å². The highest BCUT2D eigenvalue weighted by molar-refractivity contribution is 7.98. The van der Waals surface area contributed by atoms with Gasteiger partial charge >= 0.3 is 0 Å². The SMILES string of the molecule is CNC(=O)c1cc(Oc2ccc(NC(=O)c3nc(SC)oc3-c3ccc(F)cc3F)cc2)ccn1.[HH]. The Bertz CT molecular complexity index is 1400. The van der Waals surface area contributed by atoms with E-state index in [0.717, 1.165) is 17.8 Å². The van der Waals surface area contributed by atoms with Crippen LogP contribution in [0.4, 0.5) is 14.5 Å². The summed E-state index contributed by atoms with van der Waals surface area (Å²) in [5, 5.41) is 5.32. The summed E-state index contributed by atoms with van der Waals surface area (Å²) in [7, 11) is 1.50. The number of aromatic nitrogens is 2. The van der Waals surface area contributed by atoms with Gasteiger partial charge in [0.05, 0.1) is 5.56 Å². The molecule has 2 aromatic heterocycles. The number of amides is 2. The maximum Gasteiger partial charge on any atom is 0.278 e. The second-order valence-corrected chi connectivity index (χ2v) is 7.78. The first kappa shape index (κ1) is 23.9. The average molecular weight is 499 g/mol. The minimum Gasteiger partial charge on any atom is -0.457 e. The molecule has 0 aliphatic rings. The molecule has 35 heavy (non-hydrogen) atoms. The fourth-order valence-corrected chi connectivity index (χ4v) is 3.41. The van der Waals surface area contributed by atoms with Gasteiger partial charge in [-0.15, -0.1) is 0 Å². The van der Waals surface area contributed by atoms with Gasteiger partial charge in [-0.25, -0.2) is 8.78 Å². The predicted molar refractivity (Wildman–Crippen MR) is 128 cm³/mol. The van der Waals surface area contributed by atoms with Crippen LogP contribution >= 0.6 is 11.8 Å². The number of carbonyl (C=O) groups is 2. The number of hydrogen-bond acceptors (Lipinski definition) is 7. The van der Waals surface area contributed by atoms with Gasteiger partial charge in [-0.2, -0.15) is 4.98 Å². The smallest absolute Gasteiger partial charge is 0.278 e. The van der Waals surface area contributed by atoms with Gasteiger partial charge in [-0.05, 0) is 48.7 Å². The number of carbonyl (C=O) groups excluding carboxylic acids is 2. The molecule has 0 bridgehead atoms. The van der Waals surface area contributed by atoms with Crippen molar-refractivity contribution in [2.45, 2.75) is 5.22 Å². The van der Waals surface area contributed by atoms with Gasteiger partial charge in [0.25, 0.3) is 17.0 Å². The van der Waals surface area contributed by atoms with E-state index in [2.05, 4.69) is 20.6 Å². The molecule has 0 aliphatic heterocycles. The summed E-state index contributed by atoms with van der Waals surface area (Å²) >= 11 is 1.14. The van der Waals surface area contributed by atoms with E-state index in [9.17, 15) is 18.4 Å². The first-order valence-electron chi connectivity index (χ1n) is 10.2. The molecule has 2 N–H and O–H groups in total. The van der Waals surface area contributed by atoms with Crippen molar-refractivity contribution >= 4 is 29.3 Å². The molecule has 11 heteroatoms. The second kappa shape index (κ2) is 10.3. The van der Waals surface area contributed by atoms with Crippen LogP contribution in [0.25, 0.3) is 11.3 Å². The maximum atomic E-state index is 14.3. The number of hydrogen-bond donors (Lipinski definition) is 2. The van der Waals surface area contributed by atoms with Crippen LogP contribution in [-0.2, 0) is 0 Å². The molecule has 2 heterocycles. The number of pyridine rings is 1. The Morgan fingerprint density at radius 1 is 1.03 bits per heavy atom. The number of halogens is 2. The molecule has 0 atom stereocenters. The van der Waals surface area contributed by atoms with E-state index in [1.807, 2.05) is 0 Å². The Hall–Kier alpha value is -4.25. The highest BCUT2D eigenvalue weighted by Gasteiger charge is 2.24. The lowest BCUT2D eigenvalue weighted by molar-refractivity contribution is 0.0957. The Morgan fingerprint density at radius 3 is 2.49 bits per heavy atom. The van der Waals surface area contributed by atoms with Crippen LogP contribution in [0.2, 0.25) is 0 Å². The van der Waals surface area contributed by atoms with Gasteiger partial charge in [0.15, 0.2) is 11.5 Å². The third kappa shape index (κ3) is 5.46. The Kier molecular flexibility index (Phi) is 7.06. The van der Waals surface area contributed by atoms with Crippen molar-refractivity contribution in [1.29, 1.82) is 0 Å². The van der Waals surface area contributed by atoms with Gasteiger partial charge in [-0.3, -0.25) is 14.6 Å². The fourth-order valence-electron chi connectivity index (χ4n) is 3.06. The maximum absolute atomic E-state index is 14.3. The van der Waals surface area contributed by atoms with E-state index in [1.165, 1.54) is 25.4 Å². The normalized spacial score (nSPS) is 10.6. The average Bonchev–Trinajstić information content (AvgIpc) is 3.29. The monoisotopic (exact) mass is 498 g/mol. The minimum atomic E-state index is -0.875. The number of anilines is 1. The molecule has 0 fully saturated rings. The van der Waals surface area contributed by atoms with Crippen molar-refractivity contribution in [2.24, 2.45) is 0 Å². The van der Waals surface area contributed by atoms with Crippen molar-refractivity contribution in [3.8, 4) is 22.8 Å². The van der Waals surface area contributed by atoms with Gasteiger partial charge in [-0.1, -0.05) is 11.8 Å². The largest absolute Gasteiger partial charge is 0.457 e. The van der Waals surface area contributed by atoms with Crippen molar-refractivity contribution in [2.75, 3.05) is 18.6 Å². The first-order chi connectivity index (χ1) is 16.9. The van der Waals surface area contributed by atoms with Crippen LogP contribution in [-0.4, -0.2) is 35.1 Å². The van der Waals surface area contributed by atoms with Gasteiger partial charge in [0.1, 0.15) is 28.8 Å². The molecule has 2 aromatic carbocycles. The lowest BCUT2D eigenvalue weighted by Gasteiger charge is -2.09. The molecule has 0 saturated carbocycles. The molecular weight excluding hydrogens is 478 g/mol. The highest BCUT2D eigenvalue weighted by atomic mass is 32.2. The van der Waals surface area contributed by atoms with Gasteiger partial charge < -0.3 is 19.8 Å². The molecular formula is C24H20F2N4O4S. The summed E-state index contributed by atoms with van der Waals surface area (Å²) in [5.41, 5.74) is 0.405. The molecule has 0 radical (unpaired) electrons. The van der Waals surface area contributed by atoms with Crippen molar-refractivity contribution in [3.63, 3.8) is 0 Å². The third-order valence-electron chi connectivity index (χ3n) is 4.71. The Morgan fingerprint density at radius 2 is 1.80 bits per heavy atom. The van der Waals surface area contributed by atoms with Crippen LogP contribution in [0.5, 0.6) is 11.5 Å². The topological polar surface area (TPSA) is 106 Å². The fraction of sp³-hybridized carbons (Fsp3) is 0.0833. The van der Waals surface area contributed by atoms with Gasteiger partial charge in [0.2, 0.25) is 0 Å². The van der Waals surface area contributed by atoms with Crippen LogP contribution in [0, 0.1) is 11.6 Å². The summed E-state index contributed by atoms with van der Waals surface area (Å²) < 4.78 is 38.9. The second-order valence-electron chi connectivity index (χ2n) is 7.02. The first-order valence-corrected chi connectivity index (χ1v) is 11.4. The molecule has 0 saturated heterocycles. The molecule has 0 unspecified atom stereocenters. The quantitative estimate of drug-likeness (QED) is 0.329. The molecule has 8 nitrogen and oxygen atoms in total. The Labute approximate surface area is 204 Å². The molecule has 0 aliphatic carbocycles. The number of ether oxygens (including phenoxy) is 1. The van der Waals surface area contributed by atoms with E-state index < -0.39 is 17.5 Å². The third-order valence-corrected chi connectivity index (χ3v) is 5.24. The number of benzene rings is 2. The van der Waals surface area contributed by atoms with E-state index in [-0.39, 0.29) is 35.3 Å².